The zero-order valence-corrected chi connectivity index (χ0v) is 15.8. The fraction of sp³-hybridized carbons (Fsp3) is 0.615. The van der Waals surface area contributed by atoms with Gasteiger partial charge in [-0.15, -0.1) is 11.3 Å². The third-order valence-corrected chi connectivity index (χ3v) is 5.82. The Morgan fingerprint density at radius 1 is 1.48 bits per heavy atom. The van der Waals surface area contributed by atoms with Crippen molar-refractivity contribution in [3.05, 3.63) is 16.5 Å². The molecule has 1 aromatic rings. The lowest BCUT2D eigenvalue weighted by molar-refractivity contribution is 0.179. The highest BCUT2D eigenvalue weighted by atomic mass is 35.5. The maximum Gasteiger partial charge on any atom is 0.250 e. The van der Waals surface area contributed by atoms with E-state index in [9.17, 15) is 8.42 Å². The van der Waals surface area contributed by atoms with E-state index in [1.54, 1.807) is 13.2 Å². The molecule has 0 saturated heterocycles. The Labute approximate surface area is 146 Å². The van der Waals surface area contributed by atoms with Crippen LogP contribution < -0.4 is 15.4 Å². The van der Waals surface area contributed by atoms with Gasteiger partial charge in [0.25, 0.3) is 0 Å². The van der Waals surface area contributed by atoms with Crippen LogP contribution in [0.2, 0.25) is 4.34 Å². The topological polar surface area (TPSA) is 91.8 Å². The highest BCUT2D eigenvalue weighted by molar-refractivity contribution is 7.91. The van der Waals surface area contributed by atoms with Gasteiger partial charge in [-0.2, -0.15) is 0 Å². The lowest BCUT2D eigenvalue weighted by Crippen LogP contribution is -2.44. The maximum atomic E-state index is 12.0. The standard InChI is InChI=1S/C13H23ClN4O3S2/c1-4-15-13(18-10(2)9-21-3)16-7-8-17-23(19,20)12-6-5-11(14)22-12/h5-6,10,17H,4,7-9H2,1-3H3,(H2,15,16,18). The monoisotopic (exact) mass is 382 g/mol. The van der Waals surface area contributed by atoms with Crippen LogP contribution in [0.15, 0.2) is 21.3 Å². The van der Waals surface area contributed by atoms with Gasteiger partial charge in [-0.25, -0.2) is 13.1 Å². The highest BCUT2D eigenvalue weighted by Crippen LogP contribution is 2.25. The van der Waals surface area contributed by atoms with Gasteiger partial charge in [0.15, 0.2) is 5.96 Å². The minimum Gasteiger partial charge on any atom is -0.383 e. The quantitative estimate of drug-likeness (QED) is 0.340. The Balaban J connectivity index is 2.51. The van der Waals surface area contributed by atoms with Gasteiger partial charge in [0.05, 0.1) is 17.5 Å². The number of guanidine groups is 1. The first kappa shape index (κ1) is 20.2. The molecule has 0 saturated carbocycles. The minimum absolute atomic E-state index is 0.0998. The van der Waals surface area contributed by atoms with E-state index in [0.29, 0.717) is 30.0 Å². The van der Waals surface area contributed by atoms with Crippen molar-refractivity contribution in [2.75, 3.05) is 33.4 Å². The summed E-state index contributed by atoms with van der Waals surface area (Å²) in [6, 6.07) is 3.14. The molecule has 0 aliphatic carbocycles. The van der Waals surface area contributed by atoms with E-state index in [1.165, 1.54) is 6.07 Å². The number of nitrogens with zero attached hydrogens (tertiary/aromatic N) is 1. The molecule has 0 radical (unpaired) electrons. The van der Waals surface area contributed by atoms with Crippen molar-refractivity contribution in [1.29, 1.82) is 0 Å². The summed E-state index contributed by atoms with van der Waals surface area (Å²) in [5.74, 6) is 0.621. The summed E-state index contributed by atoms with van der Waals surface area (Å²) in [5, 5.41) is 6.27. The number of sulfonamides is 1. The van der Waals surface area contributed by atoms with E-state index in [-0.39, 0.29) is 16.8 Å². The number of hydrogen-bond acceptors (Lipinski definition) is 5. The number of hydrogen-bond donors (Lipinski definition) is 3. The summed E-state index contributed by atoms with van der Waals surface area (Å²) >= 11 is 6.78. The fourth-order valence-corrected chi connectivity index (χ4v) is 4.25. The lowest BCUT2D eigenvalue weighted by atomic mass is 10.4. The number of halogens is 1. The molecule has 0 spiro atoms. The Kier molecular flexibility index (Phi) is 8.85. The number of rotatable bonds is 9. The van der Waals surface area contributed by atoms with E-state index in [4.69, 9.17) is 16.3 Å². The zero-order chi connectivity index (χ0) is 17.3. The molecule has 23 heavy (non-hydrogen) atoms. The molecule has 1 unspecified atom stereocenters. The third kappa shape index (κ3) is 7.49. The lowest BCUT2D eigenvalue weighted by Gasteiger charge is -2.17. The van der Waals surface area contributed by atoms with Crippen LogP contribution in [0.4, 0.5) is 0 Å². The van der Waals surface area contributed by atoms with Crippen molar-refractivity contribution in [1.82, 2.24) is 15.4 Å². The molecular weight excluding hydrogens is 360 g/mol. The van der Waals surface area contributed by atoms with Gasteiger partial charge >= 0.3 is 0 Å². The van der Waals surface area contributed by atoms with Crippen LogP contribution in [0.1, 0.15) is 13.8 Å². The predicted octanol–water partition coefficient (Wildman–Crippen LogP) is 1.27. The van der Waals surface area contributed by atoms with Crippen molar-refractivity contribution >= 4 is 38.9 Å². The average Bonchev–Trinajstić information content (AvgIpc) is 2.91. The van der Waals surface area contributed by atoms with Gasteiger partial charge < -0.3 is 15.4 Å². The maximum absolute atomic E-state index is 12.0. The van der Waals surface area contributed by atoms with Crippen molar-refractivity contribution < 1.29 is 13.2 Å². The second-order valence-corrected chi connectivity index (χ2v) is 8.43. The summed E-state index contributed by atoms with van der Waals surface area (Å²) in [6.07, 6.45) is 0. The van der Waals surface area contributed by atoms with Gasteiger partial charge in [0.2, 0.25) is 10.0 Å². The Morgan fingerprint density at radius 3 is 2.78 bits per heavy atom. The molecular formula is C13H23ClN4O3S2. The second kappa shape index (κ2) is 10.1. The molecule has 0 bridgehead atoms. The predicted molar refractivity (Wildman–Crippen MR) is 95.0 cm³/mol. The molecule has 0 amide bonds. The van der Waals surface area contributed by atoms with Crippen LogP contribution in [-0.2, 0) is 14.8 Å². The minimum atomic E-state index is -3.53. The number of methoxy groups -OCH3 is 1. The average molecular weight is 383 g/mol. The van der Waals surface area contributed by atoms with Gasteiger partial charge in [-0.3, -0.25) is 4.99 Å². The van der Waals surface area contributed by atoms with Gasteiger partial charge in [-0.1, -0.05) is 11.6 Å². The Bertz CT molecular complexity index is 604. The molecule has 0 aliphatic heterocycles. The number of aliphatic imine (C=N–C) groups is 1. The van der Waals surface area contributed by atoms with Crippen LogP contribution in [0.25, 0.3) is 0 Å². The third-order valence-electron chi connectivity index (χ3n) is 2.63. The van der Waals surface area contributed by atoms with Crippen molar-refractivity contribution in [2.24, 2.45) is 4.99 Å². The van der Waals surface area contributed by atoms with Crippen molar-refractivity contribution in [3.8, 4) is 0 Å². The summed E-state index contributed by atoms with van der Waals surface area (Å²) in [4.78, 5) is 4.33. The molecule has 0 fully saturated rings. The fourth-order valence-electron chi connectivity index (χ4n) is 1.71. The van der Waals surface area contributed by atoms with Gasteiger partial charge in [-0.05, 0) is 26.0 Å². The molecule has 1 aromatic heterocycles. The first-order chi connectivity index (χ1) is 10.9. The van der Waals surface area contributed by atoms with Gasteiger partial charge in [0.1, 0.15) is 4.21 Å². The van der Waals surface area contributed by atoms with E-state index < -0.39 is 10.0 Å². The van der Waals surface area contributed by atoms with E-state index in [2.05, 4.69) is 20.3 Å². The van der Waals surface area contributed by atoms with Crippen LogP contribution >= 0.6 is 22.9 Å². The van der Waals surface area contributed by atoms with E-state index in [0.717, 1.165) is 11.3 Å². The first-order valence-electron chi connectivity index (χ1n) is 7.17. The Morgan fingerprint density at radius 2 is 2.22 bits per heavy atom. The Hall–Kier alpha value is -0.870. The molecule has 7 nitrogen and oxygen atoms in total. The number of thiophene rings is 1. The van der Waals surface area contributed by atoms with Crippen LogP contribution in [0, 0.1) is 0 Å². The molecule has 1 heterocycles. The normalized spacial score (nSPS) is 13.8. The largest absolute Gasteiger partial charge is 0.383 e. The summed E-state index contributed by atoms with van der Waals surface area (Å²) in [7, 11) is -1.89. The van der Waals surface area contributed by atoms with E-state index in [1.807, 2.05) is 13.8 Å². The summed E-state index contributed by atoms with van der Waals surface area (Å²) in [5.41, 5.74) is 0. The van der Waals surface area contributed by atoms with Crippen LogP contribution in [0.3, 0.4) is 0 Å². The molecule has 132 valence electrons. The van der Waals surface area contributed by atoms with Crippen molar-refractivity contribution in [2.45, 2.75) is 24.1 Å². The van der Waals surface area contributed by atoms with Crippen LogP contribution in [0.5, 0.6) is 0 Å². The summed E-state index contributed by atoms with van der Waals surface area (Å²) < 4.78 is 32.2. The molecule has 0 aliphatic rings. The number of ether oxygens (including phenoxy) is 1. The summed E-state index contributed by atoms with van der Waals surface area (Å²) in [6.45, 7) is 5.71. The smallest absolute Gasteiger partial charge is 0.250 e. The van der Waals surface area contributed by atoms with Crippen LogP contribution in [-0.4, -0.2) is 53.8 Å². The molecule has 3 N–H and O–H groups in total. The zero-order valence-electron chi connectivity index (χ0n) is 13.4. The number of nitrogens with one attached hydrogen (secondary N) is 3. The van der Waals surface area contributed by atoms with E-state index >= 15 is 0 Å². The second-order valence-electron chi connectivity index (χ2n) is 4.72. The molecule has 10 heteroatoms. The molecule has 0 aromatic carbocycles. The molecule has 1 atom stereocenters. The SMILES string of the molecule is CCNC(=NCCNS(=O)(=O)c1ccc(Cl)s1)NC(C)COC. The highest BCUT2D eigenvalue weighted by Gasteiger charge is 2.15. The first-order valence-corrected chi connectivity index (χ1v) is 9.85. The molecule has 1 rings (SSSR count). The van der Waals surface area contributed by atoms with Gasteiger partial charge in [0, 0.05) is 26.2 Å². The van der Waals surface area contributed by atoms with Crippen molar-refractivity contribution in [3.63, 3.8) is 0 Å².